The maximum absolute atomic E-state index is 12.8. The standard InChI is InChI=1S/C25H30N4O3/c1-19-17-28(18-20-7-4-3-5-8-20)15-16-29(19)24(30)10-6-9-23-26-25(27-32-23)21-11-13-22(31-2)14-12-21/h3-5,7-8,11-14,19H,6,9-10,15-18H2,1-2H3. The maximum atomic E-state index is 12.8. The Kier molecular flexibility index (Phi) is 7.17. The first-order valence-corrected chi connectivity index (χ1v) is 11.1. The molecule has 32 heavy (non-hydrogen) atoms. The van der Waals surface area contributed by atoms with Gasteiger partial charge in [-0.15, -0.1) is 0 Å². The zero-order chi connectivity index (χ0) is 22.3. The minimum absolute atomic E-state index is 0.201. The molecular formula is C25H30N4O3. The molecule has 7 heteroatoms. The van der Waals surface area contributed by atoms with E-state index in [0.29, 0.717) is 31.0 Å². The van der Waals surface area contributed by atoms with E-state index in [9.17, 15) is 4.79 Å². The highest BCUT2D eigenvalue weighted by Gasteiger charge is 2.27. The van der Waals surface area contributed by atoms with Crippen molar-refractivity contribution in [2.75, 3.05) is 26.7 Å². The van der Waals surface area contributed by atoms with Gasteiger partial charge in [0.05, 0.1) is 7.11 Å². The summed E-state index contributed by atoms with van der Waals surface area (Å²) in [5.41, 5.74) is 2.19. The quantitative estimate of drug-likeness (QED) is 0.537. The molecule has 0 spiro atoms. The van der Waals surface area contributed by atoms with Crippen LogP contribution >= 0.6 is 0 Å². The number of aromatic nitrogens is 2. The number of nitrogens with zero attached hydrogens (tertiary/aromatic N) is 4. The van der Waals surface area contributed by atoms with Crippen LogP contribution in [0.3, 0.4) is 0 Å². The lowest BCUT2D eigenvalue weighted by Gasteiger charge is -2.40. The molecule has 2 aromatic carbocycles. The van der Waals surface area contributed by atoms with Crippen LogP contribution in [0.25, 0.3) is 11.4 Å². The summed E-state index contributed by atoms with van der Waals surface area (Å²) in [7, 11) is 1.63. The average Bonchev–Trinajstić information content (AvgIpc) is 3.29. The van der Waals surface area contributed by atoms with E-state index >= 15 is 0 Å². The third kappa shape index (κ3) is 5.53. The monoisotopic (exact) mass is 434 g/mol. The van der Waals surface area contributed by atoms with Crippen LogP contribution in [0, 0.1) is 0 Å². The molecule has 1 fully saturated rings. The highest BCUT2D eigenvalue weighted by atomic mass is 16.5. The summed E-state index contributed by atoms with van der Waals surface area (Å²) in [6, 6.07) is 18.2. The van der Waals surface area contributed by atoms with Gasteiger partial charge in [0.15, 0.2) is 0 Å². The second-order valence-corrected chi connectivity index (χ2v) is 8.25. The first-order valence-electron chi connectivity index (χ1n) is 11.1. The van der Waals surface area contributed by atoms with Gasteiger partial charge in [0.2, 0.25) is 17.6 Å². The molecule has 0 bridgehead atoms. The first-order chi connectivity index (χ1) is 15.6. The molecule has 1 unspecified atom stereocenters. The fraction of sp³-hybridized carbons (Fsp3) is 0.400. The molecule has 4 rings (SSSR count). The number of ether oxygens (including phenoxy) is 1. The lowest BCUT2D eigenvalue weighted by Crippen LogP contribution is -2.53. The number of rotatable bonds is 8. The van der Waals surface area contributed by atoms with E-state index in [0.717, 1.165) is 37.5 Å². The second kappa shape index (κ2) is 10.4. The van der Waals surface area contributed by atoms with E-state index in [1.54, 1.807) is 7.11 Å². The molecule has 1 atom stereocenters. The smallest absolute Gasteiger partial charge is 0.226 e. The van der Waals surface area contributed by atoms with Gasteiger partial charge in [-0.1, -0.05) is 35.5 Å². The van der Waals surface area contributed by atoms with Crippen molar-refractivity contribution in [1.29, 1.82) is 0 Å². The van der Waals surface area contributed by atoms with E-state index in [-0.39, 0.29) is 11.9 Å². The summed E-state index contributed by atoms with van der Waals surface area (Å²) < 4.78 is 10.5. The lowest BCUT2D eigenvalue weighted by molar-refractivity contribution is -0.135. The summed E-state index contributed by atoms with van der Waals surface area (Å²) in [6.07, 6.45) is 1.78. The van der Waals surface area contributed by atoms with Crippen LogP contribution in [-0.2, 0) is 17.8 Å². The van der Waals surface area contributed by atoms with Crippen molar-refractivity contribution in [3.63, 3.8) is 0 Å². The van der Waals surface area contributed by atoms with Crippen molar-refractivity contribution in [1.82, 2.24) is 19.9 Å². The molecular weight excluding hydrogens is 404 g/mol. The van der Waals surface area contributed by atoms with Crippen LogP contribution < -0.4 is 4.74 Å². The lowest BCUT2D eigenvalue weighted by atomic mass is 10.1. The van der Waals surface area contributed by atoms with Crippen LogP contribution in [0.15, 0.2) is 59.1 Å². The van der Waals surface area contributed by atoms with Crippen LogP contribution in [0.1, 0.15) is 31.2 Å². The van der Waals surface area contributed by atoms with Gasteiger partial charge in [-0.3, -0.25) is 9.69 Å². The zero-order valence-corrected chi connectivity index (χ0v) is 18.7. The topological polar surface area (TPSA) is 71.7 Å². The normalized spacial score (nSPS) is 16.8. The van der Waals surface area contributed by atoms with Crippen LogP contribution in [0.5, 0.6) is 5.75 Å². The fourth-order valence-corrected chi connectivity index (χ4v) is 4.14. The molecule has 0 aliphatic carbocycles. The van der Waals surface area contributed by atoms with Crippen molar-refractivity contribution in [2.45, 2.75) is 38.8 Å². The molecule has 7 nitrogen and oxygen atoms in total. The van der Waals surface area contributed by atoms with Gasteiger partial charge in [0, 0.05) is 50.6 Å². The Hall–Kier alpha value is -3.19. The molecule has 1 aliphatic heterocycles. The van der Waals surface area contributed by atoms with Gasteiger partial charge in [-0.25, -0.2) is 0 Å². The predicted molar refractivity (Wildman–Crippen MR) is 122 cm³/mol. The molecule has 1 aliphatic rings. The Balaban J connectivity index is 1.22. The van der Waals surface area contributed by atoms with Crippen LogP contribution in [-0.4, -0.2) is 58.6 Å². The minimum Gasteiger partial charge on any atom is -0.497 e. The number of piperazine rings is 1. The molecule has 0 N–H and O–H groups in total. The number of benzene rings is 2. The minimum atomic E-state index is 0.201. The van der Waals surface area contributed by atoms with E-state index in [2.05, 4.69) is 46.2 Å². The Bertz CT molecular complexity index is 1000. The van der Waals surface area contributed by atoms with E-state index in [1.165, 1.54) is 5.56 Å². The van der Waals surface area contributed by atoms with Crippen molar-refractivity contribution in [2.24, 2.45) is 0 Å². The number of hydrogen-bond donors (Lipinski definition) is 0. The molecule has 168 valence electrons. The van der Waals surface area contributed by atoms with E-state index in [4.69, 9.17) is 9.26 Å². The molecule has 1 saturated heterocycles. The Morgan fingerprint density at radius 3 is 2.62 bits per heavy atom. The molecule has 1 aromatic heterocycles. The predicted octanol–water partition coefficient (Wildman–Crippen LogP) is 3.80. The summed E-state index contributed by atoms with van der Waals surface area (Å²) in [4.78, 5) is 21.7. The van der Waals surface area contributed by atoms with Gasteiger partial charge < -0.3 is 14.2 Å². The summed E-state index contributed by atoms with van der Waals surface area (Å²) in [5, 5.41) is 4.06. The van der Waals surface area contributed by atoms with Gasteiger partial charge in [-0.2, -0.15) is 4.98 Å². The van der Waals surface area contributed by atoms with Crippen molar-refractivity contribution in [3.8, 4) is 17.1 Å². The van der Waals surface area contributed by atoms with Crippen molar-refractivity contribution < 1.29 is 14.1 Å². The van der Waals surface area contributed by atoms with Gasteiger partial charge in [0.25, 0.3) is 0 Å². The largest absolute Gasteiger partial charge is 0.497 e. The Morgan fingerprint density at radius 1 is 1.12 bits per heavy atom. The third-order valence-corrected chi connectivity index (χ3v) is 5.88. The van der Waals surface area contributed by atoms with Crippen LogP contribution in [0.4, 0.5) is 0 Å². The van der Waals surface area contributed by atoms with Crippen molar-refractivity contribution in [3.05, 3.63) is 66.1 Å². The molecule has 2 heterocycles. The molecule has 1 amide bonds. The van der Waals surface area contributed by atoms with Crippen molar-refractivity contribution >= 4 is 5.91 Å². The number of hydrogen-bond acceptors (Lipinski definition) is 6. The summed E-state index contributed by atoms with van der Waals surface area (Å²) in [6.45, 7) is 5.64. The molecule has 3 aromatic rings. The fourth-order valence-electron chi connectivity index (χ4n) is 4.14. The number of carbonyl (C=O) groups excluding carboxylic acids is 1. The SMILES string of the molecule is COc1ccc(-c2noc(CCCC(=O)N3CCN(Cc4ccccc4)CC3C)n2)cc1. The number of carbonyl (C=O) groups is 1. The Labute approximate surface area is 189 Å². The van der Waals surface area contributed by atoms with E-state index in [1.807, 2.05) is 35.2 Å². The van der Waals surface area contributed by atoms with Gasteiger partial charge >= 0.3 is 0 Å². The first kappa shape index (κ1) is 22.0. The average molecular weight is 435 g/mol. The molecule has 0 radical (unpaired) electrons. The number of amides is 1. The van der Waals surface area contributed by atoms with Gasteiger partial charge in [-0.05, 0) is 43.2 Å². The molecule has 0 saturated carbocycles. The van der Waals surface area contributed by atoms with E-state index < -0.39 is 0 Å². The Morgan fingerprint density at radius 2 is 1.91 bits per heavy atom. The second-order valence-electron chi connectivity index (χ2n) is 8.25. The summed E-state index contributed by atoms with van der Waals surface area (Å²) in [5.74, 6) is 2.10. The zero-order valence-electron chi connectivity index (χ0n) is 18.7. The van der Waals surface area contributed by atoms with Crippen LogP contribution in [0.2, 0.25) is 0 Å². The van der Waals surface area contributed by atoms with Gasteiger partial charge in [0.1, 0.15) is 5.75 Å². The maximum Gasteiger partial charge on any atom is 0.226 e. The number of methoxy groups -OCH3 is 1. The number of aryl methyl sites for hydroxylation is 1. The summed E-state index contributed by atoms with van der Waals surface area (Å²) >= 11 is 0. The highest BCUT2D eigenvalue weighted by Crippen LogP contribution is 2.20. The third-order valence-electron chi connectivity index (χ3n) is 5.88. The highest BCUT2D eigenvalue weighted by molar-refractivity contribution is 5.76.